The molecule has 0 saturated heterocycles. The van der Waals surface area contributed by atoms with Crippen molar-refractivity contribution in [2.24, 2.45) is 0 Å². The zero-order valence-corrected chi connectivity index (χ0v) is 10.4. The maximum Gasteiger partial charge on any atom is 0.454 e. The van der Waals surface area contributed by atoms with Gasteiger partial charge in [-0.05, 0) is 18.2 Å². The molecule has 0 aromatic heterocycles. The molecule has 1 aromatic carbocycles. The molecule has 0 saturated carbocycles. The molecule has 0 spiro atoms. The quantitative estimate of drug-likeness (QED) is 0.685. The van der Waals surface area contributed by atoms with Crippen LogP contribution in [0, 0.1) is 22.7 Å². The van der Waals surface area contributed by atoms with Gasteiger partial charge in [0.1, 0.15) is 17.7 Å². The van der Waals surface area contributed by atoms with Crippen molar-refractivity contribution in [3.63, 3.8) is 0 Å². The zero-order valence-electron chi connectivity index (χ0n) is 9.62. The van der Waals surface area contributed by atoms with Crippen LogP contribution in [0.2, 0.25) is 5.02 Å². The number of ketones is 1. The summed E-state index contributed by atoms with van der Waals surface area (Å²) in [6.45, 7) is 0. The highest BCUT2D eigenvalue weighted by Gasteiger charge is 2.40. The number of nitrogens with zero attached hydrogens (tertiary/aromatic N) is 2. The molecule has 0 aliphatic rings. The predicted molar refractivity (Wildman–Crippen MR) is 64.8 cm³/mol. The standard InChI is InChI=1S/C12H5ClF3N3O/c13-8-1-2-10(19-6-7(4-17)5-18)9(3-8)11(20)12(14,15)16/h1-3,6,19H. The molecule has 0 radical (unpaired) electrons. The minimum Gasteiger partial charge on any atom is -0.359 e. The van der Waals surface area contributed by atoms with Crippen molar-refractivity contribution < 1.29 is 18.0 Å². The van der Waals surface area contributed by atoms with Crippen LogP contribution < -0.4 is 5.32 Å². The smallest absolute Gasteiger partial charge is 0.359 e. The van der Waals surface area contributed by atoms with Crippen molar-refractivity contribution in [2.45, 2.75) is 6.18 Å². The third kappa shape index (κ3) is 3.74. The van der Waals surface area contributed by atoms with E-state index in [4.69, 9.17) is 22.1 Å². The second kappa shape index (κ2) is 6.09. The Hall–Kier alpha value is -2.51. The Labute approximate surface area is 116 Å². The van der Waals surface area contributed by atoms with E-state index in [9.17, 15) is 18.0 Å². The van der Waals surface area contributed by atoms with Crippen molar-refractivity contribution in [3.05, 3.63) is 40.6 Å². The van der Waals surface area contributed by atoms with E-state index in [1.165, 1.54) is 18.2 Å². The largest absolute Gasteiger partial charge is 0.454 e. The normalized spacial score (nSPS) is 10.1. The third-order valence-corrected chi connectivity index (χ3v) is 2.33. The van der Waals surface area contributed by atoms with E-state index < -0.39 is 17.5 Å². The highest BCUT2D eigenvalue weighted by Crippen LogP contribution is 2.28. The number of anilines is 1. The van der Waals surface area contributed by atoms with E-state index in [0.29, 0.717) is 0 Å². The molecule has 4 nitrogen and oxygen atoms in total. The van der Waals surface area contributed by atoms with Gasteiger partial charge in [0.2, 0.25) is 0 Å². The Morgan fingerprint density at radius 3 is 2.40 bits per heavy atom. The van der Waals surface area contributed by atoms with Crippen LogP contribution in [-0.4, -0.2) is 12.0 Å². The van der Waals surface area contributed by atoms with E-state index in [1.807, 2.05) is 0 Å². The average molecular weight is 300 g/mol. The molecule has 1 rings (SSSR count). The van der Waals surface area contributed by atoms with Crippen molar-refractivity contribution in [3.8, 4) is 12.1 Å². The number of alkyl halides is 3. The highest BCUT2D eigenvalue weighted by molar-refractivity contribution is 6.31. The molecule has 1 N–H and O–H groups in total. The Kier molecular flexibility index (Phi) is 4.73. The third-order valence-electron chi connectivity index (χ3n) is 2.10. The van der Waals surface area contributed by atoms with E-state index in [-0.39, 0.29) is 16.3 Å². The van der Waals surface area contributed by atoms with Gasteiger partial charge in [0, 0.05) is 16.9 Å². The highest BCUT2D eigenvalue weighted by atomic mass is 35.5. The van der Waals surface area contributed by atoms with Crippen LogP contribution in [0.3, 0.4) is 0 Å². The van der Waals surface area contributed by atoms with Gasteiger partial charge < -0.3 is 5.32 Å². The number of carbonyl (C=O) groups excluding carboxylic acids is 1. The lowest BCUT2D eigenvalue weighted by atomic mass is 10.1. The lowest BCUT2D eigenvalue weighted by Gasteiger charge is -2.11. The van der Waals surface area contributed by atoms with Crippen LogP contribution in [0.5, 0.6) is 0 Å². The summed E-state index contributed by atoms with van der Waals surface area (Å²) >= 11 is 5.56. The van der Waals surface area contributed by atoms with E-state index >= 15 is 0 Å². The van der Waals surface area contributed by atoms with E-state index in [0.717, 1.165) is 18.3 Å². The second-order valence-corrected chi connectivity index (χ2v) is 3.88. The predicted octanol–water partition coefficient (Wildman–Crippen LogP) is 3.43. The number of allylic oxidation sites excluding steroid dienone is 1. The van der Waals surface area contributed by atoms with Gasteiger partial charge in [-0.25, -0.2) is 0 Å². The van der Waals surface area contributed by atoms with Crippen LogP contribution in [0.25, 0.3) is 0 Å². The molecule has 1 aromatic rings. The topological polar surface area (TPSA) is 76.7 Å². The average Bonchev–Trinajstić information content (AvgIpc) is 2.39. The minimum atomic E-state index is -5.06. The fourth-order valence-corrected chi connectivity index (χ4v) is 1.39. The number of nitriles is 2. The molecule has 0 atom stereocenters. The van der Waals surface area contributed by atoms with E-state index in [1.54, 1.807) is 0 Å². The molecule has 0 unspecified atom stereocenters. The van der Waals surface area contributed by atoms with Crippen LogP contribution in [0.1, 0.15) is 10.4 Å². The molecule has 8 heteroatoms. The van der Waals surface area contributed by atoms with Gasteiger partial charge in [-0.15, -0.1) is 0 Å². The molecule has 0 aliphatic heterocycles. The van der Waals surface area contributed by atoms with E-state index in [2.05, 4.69) is 5.32 Å². The molecule has 102 valence electrons. The Morgan fingerprint density at radius 1 is 1.30 bits per heavy atom. The molecule has 20 heavy (non-hydrogen) atoms. The summed E-state index contributed by atoms with van der Waals surface area (Å²) in [4.78, 5) is 11.2. The number of halogens is 4. The van der Waals surface area contributed by atoms with Crippen molar-refractivity contribution >= 4 is 23.1 Å². The number of hydrogen-bond acceptors (Lipinski definition) is 4. The summed E-state index contributed by atoms with van der Waals surface area (Å²) in [5.41, 5.74) is -1.26. The van der Waals surface area contributed by atoms with Gasteiger partial charge in [-0.3, -0.25) is 4.79 Å². The zero-order chi connectivity index (χ0) is 15.3. The number of carbonyl (C=O) groups is 1. The summed E-state index contributed by atoms with van der Waals surface area (Å²) in [5.74, 6) is -2.08. The van der Waals surface area contributed by atoms with Crippen molar-refractivity contribution in [1.29, 1.82) is 10.5 Å². The summed E-state index contributed by atoms with van der Waals surface area (Å²) in [5, 5.41) is 19.3. The van der Waals surface area contributed by atoms with Crippen molar-refractivity contribution in [2.75, 3.05) is 5.32 Å². The second-order valence-electron chi connectivity index (χ2n) is 3.44. The van der Waals surface area contributed by atoms with Gasteiger partial charge >= 0.3 is 6.18 Å². The molecule has 0 fully saturated rings. The Morgan fingerprint density at radius 2 is 1.90 bits per heavy atom. The first kappa shape index (κ1) is 15.5. The first-order valence-electron chi connectivity index (χ1n) is 4.97. The molecule has 0 heterocycles. The molecule has 0 bridgehead atoms. The molecule has 0 aliphatic carbocycles. The Balaban J connectivity index is 3.23. The fraction of sp³-hybridized carbons (Fsp3) is 0.0833. The number of hydrogen-bond donors (Lipinski definition) is 1. The fourth-order valence-electron chi connectivity index (χ4n) is 1.22. The molecule has 0 amide bonds. The first-order chi connectivity index (χ1) is 9.29. The minimum absolute atomic E-state index is 0.0482. The lowest BCUT2D eigenvalue weighted by Crippen LogP contribution is -2.23. The maximum atomic E-state index is 12.4. The summed E-state index contributed by atoms with van der Waals surface area (Å²) < 4.78 is 37.3. The number of Topliss-reactive ketones (excluding diaryl/α,β-unsaturated/α-hetero) is 1. The number of rotatable bonds is 3. The Bertz CT molecular complexity index is 637. The monoisotopic (exact) mass is 299 g/mol. The maximum absolute atomic E-state index is 12.4. The SMILES string of the molecule is N#CC(C#N)=CNc1ccc(Cl)cc1C(=O)C(F)(F)F. The van der Waals surface area contributed by atoms with Gasteiger partial charge in [-0.2, -0.15) is 23.7 Å². The van der Waals surface area contributed by atoms with Gasteiger partial charge in [-0.1, -0.05) is 11.6 Å². The molecular formula is C12H5ClF3N3O. The van der Waals surface area contributed by atoms with Crippen LogP contribution in [0.4, 0.5) is 18.9 Å². The van der Waals surface area contributed by atoms with Gasteiger partial charge in [0.25, 0.3) is 5.78 Å². The van der Waals surface area contributed by atoms with Gasteiger partial charge in [0.05, 0.1) is 5.56 Å². The van der Waals surface area contributed by atoms with Crippen LogP contribution in [0.15, 0.2) is 30.0 Å². The molecular weight excluding hydrogens is 295 g/mol. The van der Waals surface area contributed by atoms with Crippen LogP contribution >= 0.6 is 11.6 Å². The summed E-state index contributed by atoms with van der Waals surface area (Å²) in [7, 11) is 0. The van der Waals surface area contributed by atoms with Crippen molar-refractivity contribution in [1.82, 2.24) is 0 Å². The summed E-state index contributed by atoms with van der Waals surface area (Å²) in [6, 6.07) is 6.30. The first-order valence-corrected chi connectivity index (χ1v) is 5.35. The van der Waals surface area contributed by atoms with Gasteiger partial charge in [0.15, 0.2) is 0 Å². The number of nitrogens with one attached hydrogen (secondary N) is 1. The summed E-state index contributed by atoms with van der Waals surface area (Å²) in [6.07, 6.45) is -4.16. The number of benzene rings is 1. The lowest BCUT2D eigenvalue weighted by molar-refractivity contribution is -0.0884. The van der Waals surface area contributed by atoms with Crippen LogP contribution in [-0.2, 0) is 0 Å².